The highest BCUT2D eigenvalue weighted by atomic mass is 14.5. The van der Waals surface area contributed by atoms with Gasteiger partial charge in [0.15, 0.2) is 0 Å². The summed E-state index contributed by atoms with van der Waals surface area (Å²) in [6.07, 6.45) is 1.43. The lowest BCUT2D eigenvalue weighted by atomic mass is 9.48. The van der Waals surface area contributed by atoms with Gasteiger partial charge in [-0.1, -0.05) is 41.5 Å². The maximum atomic E-state index is 2.41. The third-order valence-electron chi connectivity index (χ3n) is 3.80. The van der Waals surface area contributed by atoms with E-state index < -0.39 is 0 Å². The van der Waals surface area contributed by atoms with Crippen LogP contribution in [0.2, 0.25) is 0 Å². The van der Waals surface area contributed by atoms with Gasteiger partial charge in [0.1, 0.15) is 0 Å². The molecule has 11 heavy (non-hydrogen) atoms. The molecule has 0 saturated heterocycles. The minimum atomic E-state index is 0.510. The average Bonchev–Trinajstić information content (AvgIpc) is 1.80. The van der Waals surface area contributed by atoms with Gasteiger partial charge in [0.25, 0.3) is 0 Å². The maximum absolute atomic E-state index is 2.41. The first-order valence-corrected chi connectivity index (χ1v) is 4.76. The topological polar surface area (TPSA) is 0 Å². The third kappa shape index (κ3) is 1.32. The molecular weight excluding hydrogens is 132 g/mol. The first-order chi connectivity index (χ1) is 4.76. The summed E-state index contributed by atoms with van der Waals surface area (Å²) >= 11 is 0. The molecular formula is C11H22. The highest BCUT2D eigenvalue weighted by Gasteiger charge is 2.50. The number of hydrogen-bond acceptors (Lipinski definition) is 0. The monoisotopic (exact) mass is 154 g/mol. The Hall–Kier alpha value is 0. The van der Waals surface area contributed by atoms with Crippen molar-refractivity contribution in [2.75, 3.05) is 0 Å². The van der Waals surface area contributed by atoms with E-state index >= 15 is 0 Å². The van der Waals surface area contributed by atoms with Crippen molar-refractivity contribution in [3.8, 4) is 0 Å². The summed E-state index contributed by atoms with van der Waals surface area (Å²) in [5.41, 5.74) is 1.09. The zero-order valence-electron chi connectivity index (χ0n) is 8.86. The van der Waals surface area contributed by atoms with Gasteiger partial charge in [-0.25, -0.2) is 0 Å². The third-order valence-corrected chi connectivity index (χ3v) is 3.80. The Labute approximate surface area is 71.4 Å². The second-order valence-corrected chi connectivity index (χ2v) is 5.88. The second kappa shape index (κ2) is 2.24. The Bertz CT molecular complexity index is 148. The van der Waals surface area contributed by atoms with Gasteiger partial charge >= 0.3 is 0 Å². The predicted molar refractivity (Wildman–Crippen MR) is 50.5 cm³/mol. The predicted octanol–water partition coefficient (Wildman–Crippen LogP) is 3.71. The van der Waals surface area contributed by atoms with Crippen LogP contribution in [0.15, 0.2) is 0 Å². The van der Waals surface area contributed by atoms with E-state index in [1.54, 1.807) is 0 Å². The smallest absolute Gasteiger partial charge is 0.0295 e. The van der Waals surface area contributed by atoms with Crippen molar-refractivity contribution < 1.29 is 0 Å². The molecule has 0 heterocycles. The molecule has 0 aliphatic heterocycles. The summed E-state index contributed by atoms with van der Waals surface area (Å²) in [7, 11) is 0. The van der Waals surface area contributed by atoms with Crippen LogP contribution < -0.4 is 0 Å². The van der Waals surface area contributed by atoms with Gasteiger partial charge < -0.3 is 0 Å². The highest BCUT2D eigenvalue weighted by Crippen LogP contribution is 2.57. The van der Waals surface area contributed by atoms with Crippen molar-refractivity contribution in [3.63, 3.8) is 0 Å². The van der Waals surface area contributed by atoms with Crippen LogP contribution in [-0.4, -0.2) is 0 Å². The lowest BCUT2D eigenvalue weighted by Gasteiger charge is -2.57. The minimum absolute atomic E-state index is 0.510. The lowest BCUT2D eigenvalue weighted by Crippen LogP contribution is -2.49. The molecule has 0 bridgehead atoms. The maximum Gasteiger partial charge on any atom is -0.0295 e. The molecule has 2 atom stereocenters. The van der Waals surface area contributed by atoms with Gasteiger partial charge in [-0.05, 0) is 29.1 Å². The Morgan fingerprint density at radius 1 is 1.18 bits per heavy atom. The van der Waals surface area contributed by atoms with E-state index in [1.807, 2.05) is 0 Å². The fourth-order valence-corrected chi connectivity index (χ4v) is 2.61. The molecule has 0 aromatic heterocycles. The van der Waals surface area contributed by atoms with Gasteiger partial charge in [0, 0.05) is 0 Å². The molecule has 0 heteroatoms. The largest absolute Gasteiger partial charge is 0.0620 e. The summed E-state index contributed by atoms with van der Waals surface area (Å²) in [5, 5.41) is 0. The first-order valence-electron chi connectivity index (χ1n) is 4.76. The molecule has 0 amide bonds. The second-order valence-electron chi connectivity index (χ2n) is 5.88. The van der Waals surface area contributed by atoms with Gasteiger partial charge in [-0.15, -0.1) is 0 Å². The van der Waals surface area contributed by atoms with Crippen molar-refractivity contribution in [3.05, 3.63) is 0 Å². The van der Waals surface area contributed by atoms with Crippen LogP contribution in [0.5, 0.6) is 0 Å². The highest BCUT2D eigenvalue weighted by molar-refractivity contribution is 4.99. The van der Waals surface area contributed by atoms with Crippen LogP contribution in [0.1, 0.15) is 48.0 Å². The molecule has 0 aromatic carbocycles. The molecule has 66 valence electrons. The average molecular weight is 154 g/mol. The van der Waals surface area contributed by atoms with E-state index in [0.29, 0.717) is 10.8 Å². The van der Waals surface area contributed by atoms with E-state index in [9.17, 15) is 0 Å². The molecule has 1 aliphatic rings. The van der Waals surface area contributed by atoms with Gasteiger partial charge in [-0.2, -0.15) is 0 Å². The summed E-state index contributed by atoms with van der Waals surface area (Å²) in [6, 6.07) is 0. The lowest BCUT2D eigenvalue weighted by molar-refractivity contribution is -0.0751. The van der Waals surface area contributed by atoms with Crippen molar-refractivity contribution in [2.24, 2.45) is 22.7 Å². The molecule has 0 aromatic rings. The van der Waals surface area contributed by atoms with Crippen LogP contribution >= 0.6 is 0 Å². The van der Waals surface area contributed by atoms with Crippen LogP contribution in [-0.2, 0) is 0 Å². The Morgan fingerprint density at radius 2 is 1.64 bits per heavy atom. The van der Waals surface area contributed by atoms with Crippen LogP contribution in [0.3, 0.4) is 0 Å². The SMILES string of the molecule is CC1CC(C(C)(C)C)C1(C)C. The molecule has 0 radical (unpaired) electrons. The minimum Gasteiger partial charge on any atom is -0.0620 e. The fourth-order valence-electron chi connectivity index (χ4n) is 2.61. The van der Waals surface area contributed by atoms with Gasteiger partial charge in [0.05, 0.1) is 0 Å². The van der Waals surface area contributed by atoms with E-state index in [1.165, 1.54) is 6.42 Å². The van der Waals surface area contributed by atoms with E-state index in [2.05, 4.69) is 41.5 Å². The van der Waals surface area contributed by atoms with Crippen molar-refractivity contribution in [1.29, 1.82) is 0 Å². The zero-order valence-corrected chi connectivity index (χ0v) is 8.86. The normalized spacial score (nSPS) is 36.5. The van der Waals surface area contributed by atoms with Crippen LogP contribution in [0.25, 0.3) is 0 Å². The Balaban J connectivity index is 2.67. The quantitative estimate of drug-likeness (QED) is 0.499. The molecule has 2 unspecified atom stereocenters. The van der Waals surface area contributed by atoms with E-state index in [-0.39, 0.29) is 0 Å². The van der Waals surface area contributed by atoms with Crippen molar-refractivity contribution in [1.82, 2.24) is 0 Å². The zero-order chi connectivity index (χ0) is 8.86. The Kier molecular flexibility index (Phi) is 1.85. The summed E-state index contributed by atoms with van der Waals surface area (Å²) in [6.45, 7) is 14.3. The van der Waals surface area contributed by atoms with Crippen molar-refractivity contribution >= 4 is 0 Å². The Morgan fingerprint density at radius 3 is 1.73 bits per heavy atom. The van der Waals surface area contributed by atoms with Crippen LogP contribution in [0.4, 0.5) is 0 Å². The molecule has 0 spiro atoms. The van der Waals surface area contributed by atoms with Crippen LogP contribution in [0, 0.1) is 22.7 Å². The molecule has 0 N–H and O–H groups in total. The molecule has 1 saturated carbocycles. The molecule has 1 aliphatic carbocycles. The van der Waals surface area contributed by atoms with Crippen molar-refractivity contribution in [2.45, 2.75) is 48.0 Å². The number of hydrogen-bond donors (Lipinski definition) is 0. The fraction of sp³-hybridized carbons (Fsp3) is 1.00. The molecule has 1 fully saturated rings. The summed E-state index contributed by atoms with van der Waals surface area (Å²) in [5.74, 6) is 1.84. The van der Waals surface area contributed by atoms with Gasteiger partial charge in [-0.3, -0.25) is 0 Å². The molecule has 0 nitrogen and oxygen atoms in total. The van der Waals surface area contributed by atoms with Gasteiger partial charge in [0.2, 0.25) is 0 Å². The summed E-state index contributed by atoms with van der Waals surface area (Å²) < 4.78 is 0. The standard InChI is InChI=1S/C11H22/c1-8-7-9(10(2,3)4)11(8,5)6/h8-9H,7H2,1-6H3. The first kappa shape index (κ1) is 9.09. The summed E-state index contributed by atoms with van der Waals surface area (Å²) in [4.78, 5) is 0. The van der Waals surface area contributed by atoms with E-state index in [4.69, 9.17) is 0 Å². The van der Waals surface area contributed by atoms with E-state index in [0.717, 1.165) is 11.8 Å². The molecule has 1 rings (SSSR count). The number of rotatable bonds is 0.